The highest BCUT2D eigenvalue weighted by Crippen LogP contribution is 2.26. The molecule has 168 valence electrons. The first-order valence-electron chi connectivity index (χ1n) is 10.4. The fourth-order valence-corrected chi connectivity index (χ4v) is 4.35. The van der Waals surface area contributed by atoms with Crippen LogP contribution in [0, 0.1) is 6.92 Å². The van der Waals surface area contributed by atoms with Crippen molar-refractivity contribution < 1.29 is 9.53 Å². The number of thioether (sulfide) groups is 1. The molecule has 0 atom stereocenters. The van der Waals surface area contributed by atoms with Gasteiger partial charge in [0, 0.05) is 15.9 Å². The molecule has 4 rings (SSSR count). The van der Waals surface area contributed by atoms with E-state index in [4.69, 9.17) is 4.74 Å². The summed E-state index contributed by atoms with van der Waals surface area (Å²) in [4.78, 5) is 12.3. The zero-order valence-corrected chi connectivity index (χ0v) is 20.5. The number of benzene rings is 3. The Hall–Kier alpha value is -3.10. The summed E-state index contributed by atoms with van der Waals surface area (Å²) in [7, 11) is 0. The van der Waals surface area contributed by atoms with Crippen molar-refractivity contribution in [3.8, 4) is 11.4 Å². The minimum Gasteiger partial charge on any atom is -0.484 e. The average Bonchev–Trinajstić information content (AvgIpc) is 3.24. The summed E-state index contributed by atoms with van der Waals surface area (Å²) in [6.07, 6.45) is 0. The van der Waals surface area contributed by atoms with Crippen LogP contribution in [0.2, 0.25) is 0 Å². The number of hydrogen-bond donors (Lipinski definition) is 1. The molecule has 3 aromatic carbocycles. The molecule has 33 heavy (non-hydrogen) atoms. The lowest BCUT2D eigenvalue weighted by Crippen LogP contribution is -2.29. The largest absolute Gasteiger partial charge is 0.484 e. The van der Waals surface area contributed by atoms with Gasteiger partial charge in [0.25, 0.3) is 5.91 Å². The van der Waals surface area contributed by atoms with Crippen LogP contribution < -0.4 is 10.1 Å². The molecule has 1 amide bonds. The smallest absolute Gasteiger partial charge is 0.258 e. The highest BCUT2D eigenvalue weighted by Gasteiger charge is 2.16. The first kappa shape index (κ1) is 23.1. The predicted molar refractivity (Wildman–Crippen MR) is 134 cm³/mol. The molecular weight excluding hydrogens is 500 g/mol. The van der Waals surface area contributed by atoms with Crippen LogP contribution in [0.5, 0.6) is 5.75 Å². The maximum atomic E-state index is 12.3. The number of carbonyl (C=O) groups is 1. The number of carbonyl (C=O) groups excluding carboxylic acids is 1. The summed E-state index contributed by atoms with van der Waals surface area (Å²) in [5.41, 5.74) is 3.29. The van der Waals surface area contributed by atoms with E-state index >= 15 is 0 Å². The lowest BCUT2D eigenvalue weighted by molar-refractivity contribution is -0.123. The van der Waals surface area contributed by atoms with Crippen molar-refractivity contribution >= 4 is 33.6 Å². The van der Waals surface area contributed by atoms with Gasteiger partial charge in [0.2, 0.25) is 0 Å². The maximum Gasteiger partial charge on any atom is 0.258 e. The van der Waals surface area contributed by atoms with E-state index in [1.807, 2.05) is 72.2 Å². The number of ether oxygens (including phenoxy) is 1. The molecule has 0 spiro atoms. The Morgan fingerprint density at radius 2 is 1.82 bits per heavy atom. The van der Waals surface area contributed by atoms with Crippen molar-refractivity contribution in [3.05, 3.63) is 100 Å². The molecule has 6 nitrogen and oxygen atoms in total. The van der Waals surface area contributed by atoms with Gasteiger partial charge < -0.3 is 10.1 Å². The van der Waals surface area contributed by atoms with Gasteiger partial charge in [0.05, 0.1) is 6.54 Å². The van der Waals surface area contributed by atoms with Crippen LogP contribution in [0.1, 0.15) is 17.0 Å². The SMILES string of the molecule is Cc1cccc(-n2c(CNC(=O)COc3ccccc3)nnc2SCc2ccc(Br)cc2)c1. The van der Waals surface area contributed by atoms with Crippen LogP contribution in [0.4, 0.5) is 0 Å². The lowest BCUT2D eigenvalue weighted by Gasteiger charge is -2.12. The van der Waals surface area contributed by atoms with Gasteiger partial charge in [0.15, 0.2) is 17.6 Å². The number of amides is 1. The van der Waals surface area contributed by atoms with Gasteiger partial charge in [-0.3, -0.25) is 9.36 Å². The van der Waals surface area contributed by atoms with Gasteiger partial charge >= 0.3 is 0 Å². The fourth-order valence-electron chi connectivity index (χ4n) is 3.16. The van der Waals surface area contributed by atoms with Crippen LogP contribution >= 0.6 is 27.7 Å². The Morgan fingerprint density at radius 1 is 1.03 bits per heavy atom. The second-order valence-electron chi connectivity index (χ2n) is 7.37. The molecule has 1 heterocycles. The number of rotatable bonds is 9. The van der Waals surface area contributed by atoms with E-state index in [2.05, 4.69) is 49.6 Å². The van der Waals surface area contributed by atoms with E-state index < -0.39 is 0 Å². The summed E-state index contributed by atoms with van der Waals surface area (Å²) in [6.45, 7) is 2.23. The van der Waals surface area contributed by atoms with Gasteiger partial charge in [-0.25, -0.2) is 0 Å². The van der Waals surface area contributed by atoms with Crippen molar-refractivity contribution in [1.29, 1.82) is 0 Å². The highest BCUT2D eigenvalue weighted by atomic mass is 79.9. The van der Waals surface area contributed by atoms with Gasteiger partial charge in [-0.1, -0.05) is 70.2 Å². The molecule has 1 N–H and O–H groups in total. The molecule has 0 fully saturated rings. The van der Waals surface area contributed by atoms with E-state index in [1.54, 1.807) is 11.8 Å². The minimum atomic E-state index is -0.221. The van der Waals surface area contributed by atoms with Crippen molar-refractivity contribution in [1.82, 2.24) is 20.1 Å². The molecule has 0 radical (unpaired) electrons. The summed E-state index contributed by atoms with van der Waals surface area (Å²) in [5, 5.41) is 12.4. The van der Waals surface area contributed by atoms with Crippen molar-refractivity contribution in [3.63, 3.8) is 0 Å². The van der Waals surface area contributed by atoms with E-state index in [9.17, 15) is 4.79 Å². The summed E-state index contributed by atoms with van der Waals surface area (Å²) >= 11 is 5.08. The molecule has 0 saturated heterocycles. The Labute approximate surface area is 205 Å². The van der Waals surface area contributed by atoms with Crippen LogP contribution in [0.15, 0.2) is 88.5 Å². The normalized spacial score (nSPS) is 10.7. The second-order valence-corrected chi connectivity index (χ2v) is 9.22. The Kier molecular flexibility index (Phi) is 7.80. The molecule has 0 unspecified atom stereocenters. The Bertz CT molecular complexity index is 1210. The quantitative estimate of drug-likeness (QED) is 0.301. The molecule has 0 saturated carbocycles. The van der Waals surface area contributed by atoms with E-state index in [0.717, 1.165) is 26.6 Å². The van der Waals surface area contributed by atoms with Crippen LogP contribution in [-0.4, -0.2) is 27.3 Å². The highest BCUT2D eigenvalue weighted by molar-refractivity contribution is 9.10. The van der Waals surface area contributed by atoms with Gasteiger partial charge in [-0.05, 0) is 54.4 Å². The molecule has 0 aliphatic heterocycles. The van der Waals surface area contributed by atoms with Crippen molar-refractivity contribution in [2.45, 2.75) is 24.4 Å². The number of aromatic nitrogens is 3. The maximum absolute atomic E-state index is 12.3. The molecule has 4 aromatic rings. The zero-order chi connectivity index (χ0) is 23.0. The molecule has 8 heteroatoms. The summed E-state index contributed by atoms with van der Waals surface area (Å²) in [6, 6.07) is 25.6. The predicted octanol–water partition coefficient (Wildman–Crippen LogP) is 5.33. The van der Waals surface area contributed by atoms with Gasteiger partial charge in [-0.15, -0.1) is 10.2 Å². The van der Waals surface area contributed by atoms with Crippen LogP contribution in [0.25, 0.3) is 5.69 Å². The molecule has 1 aromatic heterocycles. The molecule has 0 bridgehead atoms. The second kappa shape index (κ2) is 11.2. The number of nitrogens with one attached hydrogen (secondary N) is 1. The van der Waals surface area contributed by atoms with Crippen molar-refractivity contribution in [2.75, 3.05) is 6.61 Å². The molecular formula is C25H23BrN4O2S. The van der Waals surface area contributed by atoms with E-state index in [-0.39, 0.29) is 19.1 Å². The third kappa shape index (κ3) is 6.46. The zero-order valence-electron chi connectivity index (χ0n) is 18.1. The van der Waals surface area contributed by atoms with Crippen molar-refractivity contribution in [2.24, 2.45) is 0 Å². The van der Waals surface area contributed by atoms with Crippen LogP contribution in [0.3, 0.4) is 0 Å². The number of hydrogen-bond acceptors (Lipinski definition) is 5. The first-order valence-corrected chi connectivity index (χ1v) is 12.2. The Morgan fingerprint density at radius 3 is 2.58 bits per heavy atom. The minimum absolute atomic E-state index is 0.0617. The number of para-hydroxylation sites is 1. The van der Waals surface area contributed by atoms with Gasteiger partial charge in [0.1, 0.15) is 5.75 Å². The van der Waals surface area contributed by atoms with E-state index in [1.165, 1.54) is 5.56 Å². The third-order valence-corrected chi connectivity index (χ3v) is 6.33. The lowest BCUT2D eigenvalue weighted by atomic mass is 10.2. The fraction of sp³-hybridized carbons (Fsp3) is 0.160. The third-order valence-electron chi connectivity index (χ3n) is 4.80. The first-order chi connectivity index (χ1) is 16.1. The summed E-state index contributed by atoms with van der Waals surface area (Å²) in [5.74, 6) is 1.85. The molecule has 0 aliphatic carbocycles. The monoisotopic (exact) mass is 522 g/mol. The number of aryl methyl sites for hydroxylation is 1. The topological polar surface area (TPSA) is 69.0 Å². The van der Waals surface area contributed by atoms with Gasteiger partial charge in [-0.2, -0.15) is 0 Å². The average molecular weight is 523 g/mol. The Balaban J connectivity index is 1.47. The van der Waals surface area contributed by atoms with Crippen LogP contribution in [-0.2, 0) is 17.1 Å². The summed E-state index contributed by atoms with van der Waals surface area (Å²) < 4.78 is 8.57. The van der Waals surface area contributed by atoms with E-state index in [0.29, 0.717) is 11.6 Å². The number of nitrogens with zero attached hydrogens (tertiary/aromatic N) is 3. The molecule has 0 aliphatic rings. The number of halogens is 1. The standard InChI is InChI=1S/C25H23BrN4O2S/c1-18-6-5-7-21(14-18)30-23(15-27-24(31)16-32-22-8-3-2-4-9-22)28-29-25(30)33-17-19-10-12-20(26)13-11-19/h2-14H,15-17H2,1H3,(H,27,31).